The Morgan fingerprint density at radius 2 is 1.25 bits per heavy atom. The molecule has 0 aliphatic rings. The molecule has 0 spiro atoms. The van der Waals surface area contributed by atoms with E-state index in [0.717, 1.165) is 53.9 Å². The fraction of sp³-hybridized carbons (Fsp3) is 0.286. The van der Waals surface area contributed by atoms with Gasteiger partial charge in [0.15, 0.2) is 0 Å². The molecule has 0 aliphatic carbocycles. The van der Waals surface area contributed by atoms with E-state index in [1.165, 1.54) is 22.3 Å². The van der Waals surface area contributed by atoms with Crippen molar-refractivity contribution in [3.8, 4) is 28.4 Å². The lowest BCUT2D eigenvalue weighted by Crippen LogP contribution is -2.11. The molecule has 0 aromatic heterocycles. The van der Waals surface area contributed by atoms with Crippen LogP contribution in [0.3, 0.4) is 0 Å². The van der Waals surface area contributed by atoms with Gasteiger partial charge in [0.25, 0.3) is 0 Å². The molecule has 1 unspecified atom stereocenters. The minimum Gasteiger partial charge on any atom is -0.508 e. The van der Waals surface area contributed by atoms with Gasteiger partial charge in [-0.2, -0.15) is 0 Å². The van der Waals surface area contributed by atoms with Crippen LogP contribution in [0.2, 0.25) is 0 Å². The largest absolute Gasteiger partial charge is 0.508 e. The van der Waals surface area contributed by atoms with Crippen molar-refractivity contribution in [1.29, 1.82) is 5.41 Å². The van der Waals surface area contributed by atoms with Gasteiger partial charge in [0, 0.05) is 11.5 Å². The summed E-state index contributed by atoms with van der Waals surface area (Å²) in [4.78, 5) is 0. The van der Waals surface area contributed by atoms with Crippen LogP contribution in [0.25, 0.3) is 11.1 Å². The van der Waals surface area contributed by atoms with E-state index in [-0.39, 0.29) is 17.5 Å². The van der Waals surface area contributed by atoms with Crippen molar-refractivity contribution in [2.75, 3.05) is 13.2 Å². The molecule has 208 valence electrons. The predicted octanol–water partition coefficient (Wildman–Crippen LogP) is 7.86. The van der Waals surface area contributed by atoms with Crippen LogP contribution in [0.4, 0.5) is 0 Å². The molecule has 1 atom stereocenters. The standard InChI is InChI=1S/C35H40N2O3/c1-4-6-30-22-28(24(3)25-12-16-32(38)17-13-25)14-18-33(30)39-20-21-40-34-19-15-29(23-31(34)7-5-2)26-8-10-27(11-9-26)35(36)37/h8-19,22-24,38H,4-7,20-21H2,1-3H3,(H3,36,37). The number of phenols is 1. The Morgan fingerprint density at radius 1 is 0.725 bits per heavy atom. The average Bonchev–Trinajstić information content (AvgIpc) is 2.97. The first-order chi connectivity index (χ1) is 19.4. The molecule has 0 radical (unpaired) electrons. The predicted molar refractivity (Wildman–Crippen MR) is 164 cm³/mol. The lowest BCUT2D eigenvalue weighted by atomic mass is 9.91. The maximum Gasteiger partial charge on any atom is 0.122 e. The van der Waals surface area contributed by atoms with Crippen LogP contribution in [0.15, 0.2) is 84.9 Å². The molecule has 0 aliphatic heterocycles. The van der Waals surface area contributed by atoms with Crippen molar-refractivity contribution in [2.24, 2.45) is 5.73 Å². The summed E-state index contributed by atoms with van der Waals surface area (Å²) in [7, 11) is 0. The lowest BCUT2D eigenvalue weighted by molar-refractivity contribution is 0.214. The van der Waals surface area contributed by atoms with Gasteiger partial charge in [0.1, 0.15) is 36.3 Å². The topological polar surface area (TPSA) is 88.6 Å². The second-order valence-electron chi connectivity index (χ2n) is 10.2. The second-order valence-corrected chi connectivity index (χ2v) is 10.2. The summed E-state index contributed by atoms with van der Waals surface area (Å²) in [5.41, 5.74) is 13.3. The number of rotatable bonds is 13. The Labute approximate surface area is 238 Å². The van der Waals surface area contributed by atoms with Gasteiger partial charge < -0.3 is 20.3 Å². The highest BCUT2D eigenvalue weighted by Crippen LogP contribution is 2.31. The van der Waals surface area contributed by atoms with E-state index in [0.29, 0.717) is 13.2 Å². The quantitative estimate of drug-likeness (QED) is 0.0922. The molecule has 40 heavy (non-hydrogen) atoms. The maximum absolute atomic E-state index is 9.62. The minimum atomic E-state index is 0.0746. The molecular formula is C35H40N2O3. The van der Waals surface area contributed by atoms with Crippen LogP contribution in [0.1, 0.15) is 67.3 Å². The Bertz CT molecular complexity index is 1410. The van der Waals surface area contributed by atoms with Crippen LogP contribution in [-0.2, 0) is 12.8 Å². The molecule has 4 aromatic carbocycles. The molecule has 0 fully saturated rings. The highest BCUT2D eigenvalue weighted by atomic mass is 16.5. The Morgan fingerprint density at radius 3 is 1.82 bits per heavy atom. The van der Waals surface area contributed by atoms with Crippen molar-refractivity contribution in [3.05, 3.63) is 113 Å². The third-order valence-electron chi connectivity index (χ3n) is 7.20. The van der Waals surface area contributed by atoms with Gasteiger partial charge in [0.05, 0.1) is 0 Å². The third-order valence-corrected chi connectivity index (χ3v) is 7.20. The third kappa shape index (κ3) is 7.23. The number of phenolic OH excluding ortho intramolecular Hbond substituents is 1. The first-order valence-corrected chi connectivity index (χ1v) is 14.1. The number of aryl methyl sites for hydroxylation is 2. The Balaban J connectivity index is 1.40. The number of amidine groups is 1. The molecule has 4 N–H and O–H groups in total. The van der Waals surface area contributed by atoms with Crippen LogP contribution in [0.5, 0.6) is 17.2 Å². The van der Waals surface area contributed by atoms with Crippen molar-refractivity contribution in [1.82, 2.24) is 0 Å². The average molecular weight is 537 g/mol. The molecule has 0 amide bonds. The number of aromatic hydroxyl groups is 1. The van der Waals surface area contributed by atoms with Gasteiger partial charge in [-0.15, -0.1) is 0 Å². The summed E-state index contributed by atoms with van der Waals surface area (Å²) in [6.07, 6.45) is 3.93. The number of nitrogens with two attached hydrogens (primary N) is 1. The molecule has 0 saturated heterocycles. The van der Waals surface area contributed by atoms with Crippen LogP contribution >= 0.6 is 0 Å². The zero-order valence-electron chi connectivity index (χ0n) is 23.7. The fourth-order valence-electron chi connectivity index (χ4n) is 4.94. The number of ether oxygens (including phenoxy) is 2. The number of hydrogen-bond acceptors (Lipinski definition) is 4. The number of hydrogen-bond donors (Lipinski definition) is 3. The van der Waals surface area contributed by atoms with Crippen molar-refractivity contribution < 1.29 is 14.6 Å². The SMILES string of the molecule is CCCc1cc(-c2ccc(C(=N)N)cc2)ccc1OCCOc1ccc(C(C)c2ccc(O)cc2)cc1CCC. The summed E-state index contributed by atoms with van der Waals surface area (Å²) >= 11 is 0. The van der Waals surface area contributed by atoms with Crippen molar-refractivity contribution in [3.63, 3.8) is 0 Å². The Kier molecular flexibility index (Phi) is 9.85. The molecule has 4 aromatic rings. The highest BCUT2D eigenvalue weighted by Gasteiger charge is 2.13. The van der Waals surface area contributed by atoms with E-state index in [4.69, 9.17) is 20.6 Å². The molecule has 0 bridgehead atoms. The van der Waals surface area contributed by atoms with E-state index in [2.05, 4.69) is 51.1 Å². The maximum atomic E-state index is 9.62. The first kappa shape index (κ1) is 28.8. The first-order valence-electron chi connectivity index (χ1n) is 14.1. The number of nitrogens with one attached hydrogen (secondary N) is 1. The van der Waals surface area contributed by atoms with E-state index < -0.39 is 0 Å². The van der Waals surface area contributed by atoms with E-state index in [9.17, 15) is 5.11 Å². The van der Waals surface area contributed by atoms with Crippen molar-refractivity contribution >= 4 is 5.84 Å². The lowest BCUT2D eigenvalue weighted by Gasteiger charge is -2.18. The van der Waals surface area contributed by atoms with Crippen LogP contribution < -0.4 is 15.2 Å². The molecular weight excluding hydrogens is 496 g/mol. The molecule has 4 rings (SSSR count). The van der Waals surface area contributed by atoms with E-state index in [1.54, 1.807) is 12.1 Å². The summed E-state index contributed by atoms with van der Waals surface area (Å²) in [5, 5.41) is 17.2. The minimum absolute atomic E-state index is 0.0746. The van der Waals surface area contributed by atoms with Crippen LogP contribution in [-0.4, -0.2) is 24.2 Å². The van der Waals surface area contributed by atoms with E-state index in [1.807, 2.05) is 42.5 Å². The summed E-state index contributed by atoms with van der Waals surface area (Å²) in [6.45, 7) is 7.46. The zero-order chi connectivity index (χ0) is 28.5. The van der Waals surface area contributed by atoms with Gasteiger partial charge in [-0.05, 0) is 76.6 Å². The van der Waals surface area contributed by atoms with E-state index >= 15 is 0 Å². The summed E-state index contributed by atoms with van der Waals surface area (Å²) < 4.78 is 12.4. The van der Waals surface area contributed by atoms with Crippen LogP contribution in [0, 0.1) is 5.41 Å². The molecule has 5 nitrogen and oxygen atoms in total. The van der Waals surface area contributed by atoms with Gasteiger partial charge in [-0.3, -0.25) is 5.41 Å². The summed E-state index contributed by atoms with van der Waals surface area (Å²) in [5.74, 6) is 2.38. The smallest absolute Gasteiger partial charge is 0.122 e. The number of nitrogen functional groups attached to an aromatic ring is 1. The zero-order valence-corrected chi connectivity index (χ0v) is 23.7. The highest BCUT2D eigenvalue weighted by molar-refractivity contribution is 5.95. The van der Waals surface area contributed by atoms with Gasteiger partial charge in [-0.25, -0.2) is 0 Å². The fourth-order valence-corrected chi connectivity index (χ4v) is 4.94. The normalized spacial score (nSPS) is 11.7. The van der Waals surface area contributed by atoms with Crippen molar-refractivity contribution in [2.45, 2.75) is 52.4 Å². The number of benzene rings is 4. The molecule has 0 saturated carbocycles. The molecule has 5 heteroatoms. The Hall–Kier alpha value is -4.25. The van der Waals surface area contributed by atoms with Gasteiger partial charge in [-0.1, -0.05) is 88.2 Å². The van der Waals surface area contributed by atoms with Gasteiger partial charge >= 0.3 is 0 Å². The molecule has 0 heterocycles. The monoisotopic (exact) mass is 536 g/mol. The van der Waals surface area contributed by atoms with Gasteiger partial charge in [0.2, 0.25) is 0 Å². The second kappa shape index (κ2) is 13.7. The summed E-state index contributed by atoms with van der Waals surface area (Å²) in [6, 6.07) is 28.0.